The van der Waals surface area contributed by atoms with Crippen molar-refractivity contribution in [2.75, 3.05) is 0 Å². The van der Waals surface area contributed by atoms with Crippen LogP contribution in [0.2, 0.25) is 0 Å². The van der Waals surface area contributed by atoms with Gasteiger partial charge in [0.15, 0.2) is 0 Å². The fourth-order valence-electron chi connectivity index (χ4n) is 2.80. The summed E-state index contributed by atoms with van der Waals surface area (Å²) in [6.07, 6.45) is -2.14. The van der Waals surface area contributed by atoms with Crippen LogP contribution in [0, 0.1) is 6.92 Å². The minimum atomic E-state index is -4.44. The van der Waals surface area contributed by atoms with E-state index in [4.69, 9.17) is 14.3 Å². The molecule has 3 aromatic rings. The number of nitrogens with zero attached hydrogens (tertiary/aromatic N) is 4. The van der Waals surface area contributed by atoms with Gasteiger partial charge in [-0.05, 0) is 51.5 Å². The number of ether oxygens (including phenoxy) is 2. The van der Waals surface area contributed by atoms with Crippen molar-refractivity contribution < 1.29 is 27.5 Å². The van der Waals surface area contributed by atoms with Gasteiger partial charge < -0.3 is 14.3 Å². The van der Waals surface area contributed by atoms with Crippen LogP contribution >= 0.6 is 0 Å². The van der Waals surface area contributed by atoms with Gasteiger partial charge >= 0.3 is 6.18 Å². The summed E-state index contributed by atoms with van der Waals surface area (Å²) in [4.78, 5) is 9.08. The highest BCUT2D eigenvalue weighted by Crippen LogP contribution is 2.30. The molecular weight excluding hydrogens is 437 g/mol. The molecule has 10 heteroatoms. The molecule has 0 fully saturated rings. The first-order chi connectivity index (χ1) is 15.4. The van der Waals surface area contributed by atoms with E-state index in [1.807, 2.05) is 27.7 Å². The third-order valence-electron chi connectivity index (χ3n) is 4.31. The monoisotopic (exact) mass is 462 g/mol. The predicted octanol–water partition coefficient (Wildman–Crippen LogP) is 5.66. The summed E-state index contributed by atoms with van der Waals surface area (Å²) in [5, 5.41) is 8.39. The van der Waals surface area contributed by atoms with E-state index >= 15 is 0 Å². The molecule has 0 aliphatic heterocycles. The Morgan fingerprint density at radius 1 is 1.06 bits per heavy atom. The van der Waals surface area contributed by atoms with Gasteiger partial charge in [0.25, 0.3) is 0 Å². The van der Waals surface area contributed by atoms with Gasteiger partial charge in [0, 0.05) is 19.3 Å². The minimum absolute atomic E-state index is 0.0664. The van der Waals surface area contributed by atoms with Crippen LogP contribution in [-0.4, -0.2) is 26.6 Å². The van der Waals surface area contributed by atoms with E-state index in [-0.39, 0.29) is 18.1 Å². The second kappa shape index (κ2) is 9.51. The number of pyridine rings is 1. The molecule has 0 spiro atoms. The van der Waals surface area contributed by atoms with Gasteiger partial charge in [-0.25, -0.2) is 9.67 Å². The number of hydrogen-bond acceptors (Lipinski definition) is 6. The Bertz CT molecular complexity index is 1100. The Kier molecular flexibility index (Phi) is 6.95. The predicted molar refractivity (Wildman–Crippen MR) is 116 cm³/mol. The van der Waals surface area contributed by atoms with Crippen LogP contribution in [0.4, 0.5) is 13.2 Å². The number of halogens is 3. The lowest BCUT2D eigenvalue weighted by Gasteiger charge is -2.21. The highest BCUT2D eigenvalue weighted by Gasteiger charge is 2.30. The van der Waals surface area contributed by atoms with Crippen LogP contribution < -0.4 is 9.47 Å². The molecule has 1 aromatic carbocycles. The lowest BCUT2D eigenvalue weighted by molar-refractivity contribution is -0.137. The SMILES string of the molecule is Cc1nn(C)c(OC(C)(C)C)c1/C=N/OCc1ccc(Oc2ccc(C(F)(F)F)cn2)cc1. The molecular formula is C23H25F3N4O3. The standard InChI is InChI=1S/C23H25F3N4O3/c1-15-19(21(30(5)29-15)33-22(2,3)4)13-28-31-14-16-6-9-18(10-7-16)32-20-11-8-17(12-27-20)23(24,25)26/h6-13H,14H2,1-5H3/b28-13+. The number of oxime groups is 1. The topological polar surface area (TPSA) is 70.8 Å². The quantitative estimate of drug-likeness (QED) is 0.335. The Labute approximate surface area is 189 Å². The number of rotatable bonds is 7. The molecule has 0 N–H and O–H groups in total. The number of hydrogen-bond donors (Lipinski definition) is 0. The number of benzene rings is 1. The van der Waals surface area contributed by atoms with E-state index in [9.17, 15) is 13.2 Å². The zero-order valence-corrected chi connectivity index (χ0v) is 19.0. The normalized spacial score (nSPS) is 12.2. The summed E-state index contributed by atoms with van der Waals surface area (Å²) >= 11 is 0. The van der Waals surface area contributed by atoms with Crippen LogP contribution in [0.3, 0.4) is 0 Å². The van der Waals surface area contributed by atoms with E-state index in [2.05, 4.69) is 15.2 Å². The largest absolute Gasteiger partial charge is 0.472 e. The maximum Gasteiger partial charge on any atom is 0.417 e. The van der Waals surface area contributed by atoms with Crippen molar-refractivity contribution in [3.8, 4) is 17.5 Å². The van der Waals surface area contributed by atoms with Gasteiger partial charge in [0.2, 0.25) is 11.8 Å². The summed E-state index contributed by atoms with van der Waals surface area (Å²) < 4.78 is 50.9. The van der Waals surface area contributed by atoms with Crippen molar-refractivity contribution >= 4 is 6.21 Å². The molecule has 0 unspecified atom stereocenters. The Morgan fingerprint density at radius 3 is 2.33 bits per heavy atom. The zero-order chi connectivity index (χ0) is 24.2. The molecule has 0 saturated heterocycles. The second-order valence-corrected chi connectivity index (χ2v) is 8.28. The van der Waals surface area contributed by atoms with Crippen LogP contribution in [0.5, 0.6) is 17.5 Å². The molecule has 0 amide bonds. The third kappa shape index (κ3) is 6.71. The minimum Gasteiger partial charge on any atom is -0.472 e. The molecule has 2 aromatic heterocycles. The summed E-state index contributed by atoms with van der Waals surface area (Å²) in [5.41, 5.74) is 1.11. The molecule has 3 rings (SSSR count). The highest BCUT2D eigenvalue weighted by molar-refractivity contribution is 5.83. The summed E-state index contributed by atoms with van der Waals surface area (Å²) in [6.45, 7) is 7.93. The molecule has 0 saturated carbocycles. The summed E-state index contributed by atoms with van der Waals surface area (Å²) in [5.74, 6) is 1.10. The van der Waals surface area contributed by atoms with Crippen LogP contribution in [-0.2, 0) is 24.7 Å². The molecule has 0 aliphatic carbocycles. The van der Waals surface area contributed by atoms with Crippen LogP contribution in [0.15, 0.2) is 47.8 Å². The summed E-state index contributed by atoms with van der Waals surface area (Å²) in [6, 6.07) is 8.96. The van der Waals surface area contributed by atoms with Gasteiger partial charge in [-0.2, -0.15) is 18.3 Å². The van der Waals surface area contributed by atoms with E-state index in [0.29, 0.717) is 11.6 Å². The molecule has 0 radical (unpaired) electrons. The van der Waals surface area contributed by atoms with Crippen molar-refractivity contribution in [2.24, 2.45) is 12.2 Å². The van der Waals surface area contributed by atoms with Gasteiger partial charge in [-0.15, -0.1) is 0 Å². The molecule has 0 bridgehead atoms. The van der Waals surface area contributed by atoms with Gasteiger partial charge in [0.1, 0.15) is 18.0 Å². The van der Waals surface area contributed by atoms with Crippen molar-refractivity contribution in [2.45, 2.75) is 46.1 Å². The molecule has 0 aliphatic rings. The van der Waals surface area contributed by atoms with Crippen LogP contribution in [0.1, 0.15) is 43.2 Å². The smallest absolute Gasteiger partial charge is 0.417 e. The zero-order valence-electron chi connectivity index (χ0n) is 19.0. The van der Waals surface area contributed by atoms with E-state index < -0.39 is 11.7 Å². The lowest BCUT2D eigenvalue weighted by Crippen LogP contribution is -2.25. The Hall–Kier alpha value is -3.56. The average Bonchev–Trinajstić information content (AvgIpc) is 2.97. The van der Waals surface area contributed by atoms with Crippen molar-refractivity contribution in [3.63, 3.8) is 0 Å². The van der Waals surface area contributed by atoms with Crippen molar-refractivity contribution in [1.29, 1.82) is 0 Å². The van der Waals surface area contributed by atoms with E-state index in [1.165, 1.54) is 6.07 Å². The molecule has 7 nitrogen and oxygen atoms in total. The Morgan fingerprint density at radius 2 is 1.76 bits per heavy atom. The van der Waals surface area contributed by atoms with E-state index in [1.54, 1.807) is 42.2 Å². The Balaban J connectivity index is 1.57. The second-order valence-electron chi connectivity index (χ2n) is 8.28. The van der Waals surface area contributed by atoms with Crippen molar-refractivity contribution in [1.82, 2.24) is 14.8 Å². The first kappa shape index (κ1) is 24.1. The maximum absolute atomic E-state index is 12.6. The van der Waals surface area contributed by atoms with E-state index in [0.717, 1.165) is 29.1 Å². The highest BCUT2D eigenvalue weighted by atomic mass is 19.4. The fourth-order valence-corrected chi connectivity index (χ4v) is 2.80. The summed E-state index contributed by atoms with van der Waals surface area (Å²) in [7, 11) is 1.80. The molecule has 2 heterocycles. The lowest BCUT2D eigenvalue weighted by atomic mass is 10.2. The number of aryl methyl sites for hydroxylation is 2. The fraction of sp³-hybridized carbons (Fsp3) is 0.348. The average molecular weight is 462 g/mol. The first-order valence-corrected chi connectivity index (χ1v) is 10.1. The number of aromatic nitrogens is 3. The first-order valence-electron chi connectivity index (χ1n) is 10.1. The van der Waals surface area contributed by atoms with Crippen molar-refractivity contribution in [3.05, 3.63) is 65.0 Å². The molecule has 176 valence electrons. The maximum atomic E-state index is 12.6. The van der Waals surface area contributed by atoms with Gasteiger partial charge in [-0.1, -0.05) is 17.3 Å². The van der Waals surface area contributed by atoms with Crippen LogP contribution in [0.25, 0.3) is 0 Å². The molecule has 0 atom stereocenters. The number of alkyl halides is 3. The molecule has 33 heavy (non-hydrogen) atoms. The van der Waals surface area contributed by atoms with Gasteiger partial charge in [-0.3, -0.25) is 0 Å². The van der Waals surface area contributed by atoms with Gasteiger partial charge in [0.05, 0.1) is 23.0 Å². The third-order valence-corrected chi connectivity index (χ3v) is 4.31.